The van der Waals surface area contributed by atoms with Crippen LogP contribution in [0.3, 0.4) is 0 Å². The second-order valence-electron chi connectivity index (χ2n) is 7.70. The van der Waals surface area contributed by atoms with Gasteiger partial charge in [-0.2, -0.15) is 0 Å². The minimum absolute atomic E-state index is 0.178. The van der Waals surface area contributed by atoms with E-state index in [-0.39, 0.29) is 6.61 Å². The van der Waals surface area contributed by atoms with Gasteiger partial charge in [-0.1, -0.05) is 85.3 Å². The van der Waals surface area contributed by atoms with Gasteiger partial charge in [-0.05, 0) is 36.5 Å². The molecule has 0 spiro atoms. The van der Waals surface area contributed by atoms with Crippen LogP contribution in [0.1, 0.15) is 86.0 Å². The van der Waals surface area contributed by atoms with Crippen LogP contribution in [-0.4, -0.2) is 11.7 Å². The molecule has 1 nitrogen and oxygen atoms in total. The fourth-order valence-electron chi connectivity index (χ4n) is 3.14. The number of hydrogen-bond donors (Lipinski definition) is 1. The van der Waals surface area contributed by atoms with Crippen LogP contribution in [0.2, 0.25) is 0 Å². The Hall–Kier alpha value is -0.300. The van der Waals surface area contributed by atoms with Crippen LogP contribution in [0.25, 0.3) is 0 Å². The molecule has 0 fully saturated rings. The largest absolute Gasteiger partial charge is 0.392 e. The minimum Gasteiger partial charge on any atom is -0.392 e. The topological polar surface area (TPSA) is 20.2 Å². The zero-order chi connectivity index (χ0) is 16.1. The summed E-state index contributed by atoms with van der Waals surface area (Å²) in [6.07, 6.45) is 14.8. The lowest BCUT2D eigenvalue weighted by molar-refractivity contribution is 0.340. The maximum atomic E-state index is 8.73. The van der Waals surface area contributed by atoms with Crippen molar-refractivity contribution < 1.29 is 5.11 Å². The first kappa shape index (κ1) is 20.7. The van der Waals surface area contributed by atoms with Crippen molar-refractivity contribution in [2.24, 2.45) is 23.7 Å². The quantitative estimate of drug-likeness (QED) is 0.400. The van der Waals surface area contributed by atoms with E-state index in [9.17, 15) is 0 Å². The molecule has 0 aliphatic rings. The lowest BCUT2D eigenvalue weighted by Gasteiger charge is -2.17. The summed E-state index contributed by atoms with van der Waals surface area (Å²) in [5, 5.41) is 8.73. The lowest BCUT2D eigenvalue weighted by Crippen LogP contribution is -2.04. The average Bonchev–Trinajstić information content (AvgIpc) is 2.38. The maximum absolute atomic E-state index is 8.73. The summed E-state index contributed by atoms with van der Waals surface area (Å²) in [5.41, 5.74) is 0. The van der Waals surface area contributed by atoms with Crippen LogP contribution in [-0.2, 0) is 0 Å². The summed E-state index contributed by atoms with van der Waals surface area (Å²) in [6, 6.07) is 0. The highest BCUT2D eigenvalue weighted by Crippen LogP contribution is 2.23. The van der Waals surface area contributed by atoms with E-state index >= 15 is 0 Å². The van der Waals surface area contributed by atoms with Crippen molar-refractivity contribution in [2.45, 2.75) is 86.0 Å². The molecule has 0 aliphatic carbocycles. The summed E-state index contributed by atoms with van der Waals surface area (Å²) in [5.74, 6) is 3.34. The summed E-state index contributed by atoms with van der Waals surface area (Å²) < 4.78 is 0. The van der Waals surface area contributed by atoms with Gasteiger partial charge in [-0.15, -0.1) is 0 Å². The van der Waals surface area contributed by atoms with Gasteiger partial charge in [0, 0.05) is 0 Å². The molecular weight excluding hydrogens is 256 g/mol. The Balaban J connectivity index is 3.59. The van der Waals surface area contributed by atoms with E-state index in [0.717, 1.165) is 30.1 Å². The molecule has 0 saturated carbocycles. The van der Waals surface area contributed by atoms with Crippen molar-refractivity contribution in [1.29, 1.82) is 0 Å². The van der Waals surface area contributed by atoms with Crippen LogP contribution in [0.15, 0.2) is 12.2 Å². The molecule has 0 radical (unpaired) electrons. The highest BCUT2D eigenvalue weighted by Gasteiger charge is 2.09. The second-order valence-corrected chi connectivity index (χ2v) is 7.70. The van der Waals surface area contributed by atoms with Gasteiger partial charge in [0.25, 0.3) is 0 Å². The predicted octanol–water partition coefficient (Wildman–Crippen LogP) is 6.22. The van der Waals surface area contributed by atoms with Crippen molar-refractivity contribution in [2.75, 3.05) is 6.61 Å². The normalized spacial score (nSPS) is 16.5. The van der Waals surface area contributed by atoms with Crippen molar-refractivity contribution >= 4 is 0 Å². The van der Waals surface area contributed by atoms with Gasteiger partial charge < -0.3 is 5.11 Å². The summed E-state index contributed by atoms with van der Waals surface area (Å²) >= 11 is 0. The van der Waals surface area contributed by atoms with Crippen molar-refractivity contribution in [3.05, 3.63) is 12.2 Å². The molecule has 0 aliphatic heterocycles. The lowest BCUT2D eigenvalue weighted by atomic mass is 9.89. The van der Waals surface area contributed by atoms with Gasteiger partial charge in [0.2, 0.25) is 0 Å². The number of aliphatic hydroxyl groups is 1. The Bertz CT molecular complexity index is 244. The summed E-state index contributed by atoms with van der Waals surface area (Å²) in [7, 11) is 0. The molecule has 3 atom stereocenters. The highest BCUT2D eigenvalue weighted by atomic mass is 16.2. The van der Waals surface area contributed by atoms with Crippen LogP contribution in [0.5, 0.6) is 0 Å². The number of hydrogen-bond acceptors (Lipinski definition) is 1. The molecule has 21 heavy (non-hydrogen) atoms. The fourth-order valence-corrected chi connectivity index (χ4v) is 3.14. The minimum atomic E-state index is 0.178. The molecule has 1 heteroatoms. The van der Waals surface area contributed by atoms with Crippen molar-refractivity contribution in [1.82, 2.24) is 0 Å². The Morgan fingerprint density at radius 3 is 1.86 bits per heavy atom. The Kier molecular flexibility index (Phi) is 13.2. The molecule has 3 unspecified atom stereocenters. The molecule has 126 valence electrons. The average molecular weight is 297 g/mol. The van der Waals surface area contributed by atoms with Crippen LogP contribution in [0, 0.1) is 23.7 Å². The molecule has 0 aromatic heterocycles. The molecule has 0 heterocycles. The third-order valence-corrected chi connectivity index (χ3v) is 4.49. The molecule has 0 bridgehead atoms. The zero-order valence-corrected chi connectivity index (χ0v) is 15.3. The van der Waals surface area contributed by atoms with E-state index in [1.54, 1.807) is 0 Å². The second kappa shape index (κ2) is 13.4. The molecule has 0 aromatic rings. The first-order chi connectivity index (χ1) is 9.95. The first-order valence-electron chi connectivity index (χ1n) is 9.21. The van der Waals surface area contributed by atoms with Gasteiger partial charge >= 0.3 is 0 Å². The smallest absolute Gasteiger partial charge is 0.0612 e. The monoisotopic (exact) mass is 296 g/mol. The Morgan fingerprint density at radius 2 is 1.29 bits per heavy atom. The summed E-state index contributed by atoms with van der Waals surface area (Å²) in [4.78, 5) is 0. The van der Waals surface area contributed by atoms with E-state index in [1.807, 2.05) is 6.08 Å². The standard InChI is InChI=1S/C20H40O/c1-17(2)10-8-12-18(3)13-9-14-20(5)16-19(4)11-6-7-15-21/h6-7,17-21H,8-16H2,1-5H3. The predicted molar refractivity (Wildman–Crippen MR) is 95.5 cm³/mol. The van der Waals surface area contributed by atoms with Gasteiger partial charge in [0.15, 0.2) is 0 Å². The third-order valence-electron chi connectivity index (χ3n) is 4.49. The zero-order valence-electron chi connectivity index (χ0n) is 15.3. The van der Waals surface area contributed by atoms with E-state index < -0.39 is 0 Å². The number of rotatable bonds is 13. The number of aliphatic hydroxyl groups excluding tert-OH is 1. The van der Waals surface area contributed by atoms with Crippen molar-refractivity contribution in [3.63, 3.8) is 0 Å². The molecule has 0 amide bonds. The Labute approximate surface area is 134 Å². The van der Waals surface area contributed by atoms with Gasteiger partial charge in [0.1, 0.15) is 0 Å². The van der Waals surface area contributed by atoms with Gasteiger partial charge in [-0.25, -0.2) is 0 Å². The van der Waals surface area contributed by atoms with Crippen molar-refractivity contribution in [3.8, 4) is 0 Å². The van der Waals surface area contributed by atoms with Gasteiger partial charge in [0.05, 0.1) is 6.61 Å². The number of allylic oxidation sites excluding steroid dienone is 1. The maximum Gasteiger partial charge on any atom is 0.0612 e. The molecule has 1 N–H and O–H groups in total. The van der Waals surface area contributed by atoms with E-state index in [2.05, 4.69) is 40.7 Å². The third kappa shape index (κ3) is 14.4. The van der Waals surface area contributed by atoms with Crippen LogP contribution in [0.4, 0.5) is 0 Å². The fraction of sp³-hybridized carbons (Fsp3) is 0.900. The SMILES string of the molecule is CC(C)CCCC(C)CCCC(C)CC(C)CC=CCO. The van der Waals surface area contributed by atoms with E-state index in [1.165, 1.54) is 44.9 Å². The molecule has 0 saturated heterocycles. The van der Waals surface area contributed by atoms with E-state index in [4.69, 9.17) is 5.11 Å². The highest BCUT2D eigenvalue weighted by molar-refractivity contribution is 4.82. The molecule has 0 rings (SSSR count). The van der Waals surface area contributed by atoms with Crippen LogP contribution >= 0.6 is 0 Å². The first-order valence-corrected chi connectivity index (χ1v) is 9.21. The Morgan fingerprint density at radius 1 is 0.714 bits per heavy atom. The molecule has 0 aromatic carbocycles. The molecular formula is C20H40O. The van der Waals surface area contributed by atoms with E-state index in [0.29, 0.717) is 0 Å². The van der Waals surface area contributed by atoms with Crippen LogP contribution < -0.4 is 0 Å². The van der Waals surface area contributed by atoms with Gasteiger partial charge in [-0.3, -0.25) is 0 Å². The summed E-state index contributed by atoms with van der Waals surface area (Å²) in [6.45, 7) is 12.0.